The topological polar surface area (TPSA) is 41.1 Å². The van der Waals surface area contributed by atoms with Gasteiger partial charge in [-0.05, 0) is 68.3 Å². The summed E-state index contributed by atoms with van der Waals surface area (Å²) in [5, 5.41) is 6.34. The molecule has 3 nitrogen and oxygen atoms in total. The minimum Gasteiger partial charge on any atom is -0.350 e. The Labute approximate surface area is 121 Å². The molecule has 1 aromatic rings. The average Bonchev–Trinajstić information content (AvgIpc) is 2.42. The highest BCUT2D eigenvalue weighted by molar-refractivity contribution is 5.76. The first-order valence-electron chi connectivity index (χ1n) is 7.84. The van der Waals surface area contributed by atoms with Crippen LogP contribution < -0.4 is 10.6 Å². The number of hydrogen-bond donors (Lipinski definition) is 2. The molecule has 1 unspecified atom stereocenters. The van der Waals surface area contributed by atoms with Crippen LogP contribution in [0.3, 0.4) is 0 Å². The molecule has 3 rings (SSSR count). The van der Waals surface area contributed by atoms with E-state index in [-0.39, 0.29) is 11.9 Å². The first kappa shape index (κ1) is 13.6. The van der Waals surface area contributed by atoms with Gasteiger partial charge in [0.05, 0.1) is 6.04 Å². The monoisotopic (exact) mass is 272 g/mol. The highest BCUT2D eigenvalue weighted by atomic mass is 16.1. The van der Waals surface area contributed by atoms with Crippen LogP contribution in [0.25, 0.3) is 0 Å². The molecule has 108 valence electrons. The van der Waals surface area contributed by atoms with Gasteiger partial charge in [-0.2, -0.15) is 0 Å². The third kappa shape index (κ3) is 3.04. The van der Waals surface area contributed by atoms with Crippen molar-refractivity contribution in [1.29, 1.82) is 0 Å². The molecule has 1 atom stereocenters. The second-order valence-electron chi connectivity index (χ2n) is 6.25. The number of hydrogen-bond acceptors (Lipinski definition) is 2. The zero-order valence-corrected chi connectivity index (χ0v) is 12.2. The van der Waals surface area contributed by atoms with Crippen LogP contribution in [0.4, 0.5) is 0 Å². The van der Waals surface area contributed by atoms with Gasteiger partial charge < -0.3 is 10.6 Å². The van der Waals surface area contributed by atoms with Gasteiger partial charge in [-0.15, -0.1) is 0 Å². The summed E-state index contributed by atoms with van der Waals surface area (Å²) in [5.74, 6) is 0.715. The van der Waals surface area contributed by atoms with E-state index in [1.54, 1.807) is 0 Å². The van der Waals surface area contributed by atoms with Gasteiger partial charge >= 0.3 is 0 Å². The fourth-order valence-corrected chi connectivity index (χ4v) is 3.16. The molecule has 0 aromatic heterocycles. The normalized spacial score (nSPS) is 19.9. The maximum absolute atomic E-state index is 12.0. The quantitative estimate of drug-likeness (QED) is 0.883. The van der Waals surface area contributed by atoms with E-state index in [4.69, 9.17) is 0 Å². The van der Waals surface area contributed by atoms with Crippen LogP contribution in [0.5, 0.6) is 0 Å². The highest BCUT2D eigenvalue weighted by Gasteiger charge is 2.21. The number of carbonyl (C=O) groups is 1. The van der Waals surface area contributed by atoms with Crippen molar-refractivity contribution in [1.82, 2.24) is 10.6 Å². The van der Waals surface area contributed by atoms with Crippen molar-refractivity contribution in [2.45, 2.75) is 45.1 Å². The maximum atomic E-state index is 12.0. The van der Waals surface area contributed by atoms with Gasteiger partial charge in [-0.25, -0.2) is 0 Å². The van der Waals surface area contributed by atoms with Gasteiger partial charge in [0.15, 0.2) is 0 Å². The predicted molar refractivity (Wildman–Crippen MR) is 80.6 cm³/mol. The Balaban J connectivity index is 1.61. The number of amides is 1. The van der Waals surface area contributed by atoms with Gasteiger partial charge in [-0.1, -0.05) is 18.2 Å². The van der Waals surface area contributed by atoms with Crippen molar-refractivity contribution in [2.24, 2.45) is 5.92 Å². The van der Waals surface area contributed by atoms with Gasteiger partial charge in [0.2, 0.25) is 5.91 Å². The van der Waals surface area contributed by atoms with Crippen LogP contribution in [-0.4, -0.2) is 19.0 Å². The predicted octanol–water partition coefficient (Wildman–Crippen LogP) is 2.35. The fraction of sp³-hybridized carbons (Fsp3) is 0.588. The summed E-state index contributed by atoms with van der Waals surface area (Å²) in [6, 6.07) is 6.84. The summed E-state index contributed by atoms with van der Waals surface area (Å²) in [4.78, 5) is 12.0. The zero-order chi connectivity index (χ0) is 13.9. The lowest BCUT2D eigenvalue weighted by molar-refractivity contribution is -0.123. The Hall–Kier alpha value is -1.35. The summed E-state index contributed by atoms with van der Waals surface area (Å²) in [5.41, 5.74) is 4.22. The summed E-state index contributed by atoms with van der Waals surface area (Å²) < 4.78 is 0. The molecule has 1 aromatic carbocycles. The van der Waals surface area contributed by atoms with Gasteiger partial charge in [0, 0.05) is 6.42 Å². The van der Waals surface area contributed by atoms with Crippen molar-refractivity contribution < 1.29 is 4.79 Å². The van der Waals surface area contributed by atoms with E-state index in [1.165, 1.54) is 42.4 Å². The lowest BCUT2D eigenvalue weighted by Gasteiger charge is -2.27. The second kappa shape index (κ2) is 5.96. The van der Waals surface area contributed by atoms with E-state index in [2.05, 4.69) is 35.8 Å². The van der Waals surface area contributed by atoms with Crippen LogP contribution in [-0.2, 0) is 17.6 Å². The average molecular weight is 272 g/mol. The van der Waals surface area contributed by atoms with E-state index in [1.807, 2.05) is 0 Å². The second-order valence-corrected chi connectivity index (χ2v) is 6.25. The standard InChI is InChI=1S/C17H24N2O/c1-12(19-17(20)8-13-10-18-11-13)15-7-6-14-4-2-3-5-16(14)9-15/h6-7,9,12-13,18H,2-5,8,10-11H2,1H3,(H,19,20). The maximum Gasteiger partial charge on any atom is 0.220 e. The molecular formula is C17H24N2O. The molecule has 0 saturated carbocycles. The molecule has 2 aliphatic rings. The number of rotatable bonds is 4. The molecule has 0 bridgehead atoms. The van der Waals surface area contributed by atoms with E-state index in [0.717, 1.165) is 13.1 Å². The van der Waals surface area contributed by atoms with Gasteiger partial charge in [0.1, 0.15) is 0 Å². The van der Waals surface area contributed by atoms with Crippen LogP contribution in [0.2, 0.25) is 0 Å². The third-order valence-electron chi connectivity index (χ3n) is 4.59. The molecule has 20 heavy (non-hydrogen) atoms. The van der Waals surface area contributed by atoms with Gasteiger partial charge in [0.25, 0.3) is 0 Å². The third-order valence-corrected chi connectivity index (χ3v) is 4.59. The number of benzene rings is 1. The molecule has 1 saturated heterocycles. The van der Waals surface area contributed by atoms with Crippen molar-refractivity contribution in [2.75, 3.05) is 13.1 Å². The SMILES string of the molecule is CC(NC(=O)CC1CNC1)c1ccc2c(c1)CCCC2. The Bertz CT molecular complexity index is 494. The molecule has 1 aliphatic carbocycles. The Kier molecular flexibility index (Phi) is 4.06. The van der Waals surface area contributed by atoms with Crippen molar-refractivity contribution in [3.8, 4) is 0 Å². The van der Waals surface area contributed by atoms with Crippen molar-refractivity contribution >= 4 is 5.91 Å². The van der Waals surface area contributed by atoms with E-state index in [0.29, 0.717) is 12.3 Å². The Morgan fingerprint density at radius 3 is 2.75 bits per heavy atom. The van der Waals surface area contributed by atoms with Crippen molar-refractivity contribution in [3.63, 3.8) is 0 Å². The number of carbonyl (C=O) groups excluding carboxylic acids is 1. The molecule has 3 heteroatoms. The van der Waals surface area contributed by atoms with Crippen LogP contribution in [0.15, 0.2) is 18.2 Å². The molecule has 1 heterocycles. The van der Waals surface area contributed by atoms with Crippen LogP contribution in [0, 0.1) is 5.92 Å². The van der Waals surface area contributed by atoms with Gasteiger partial charge in [-0.3, -0.25) is 4.79 Å². The molecule has 0 spiro atoms. The smallest absolute Gasteiger partial charge is 0.220 e. The summed E-state index contributed by atoms with van der Waals surface area (Å²) in [6.45, 7) is 4.06. The molecule has 1 fully saturated rings. The van der Waals surface area contributed by atoms with Crippen molar-refractivity contribution in [3.05, 3.63) is 34.9 Å². The minimum absolute atomic E-state index is 0.114. The fourth-order valence-electron chi connectivity index (χ4n) is 3.16. The van der Waals surface area contributed by atoms with Crippen LogP contribution >= 0.6 is 0 Å². The summed E-state index contributed by atoms with van der Waals surface area (Å²) in [6.07, 6.45) is 5.67. The Morgan fingerprint density at radius 2 is 2.05 bits per heavy atom. The Morgan fingerprint density at radius 1 is 1.30 bits per heavy atom. The molecule has 0 radical (unpaired) electrons. The highest BCUT2D eigenvalue weighted by Crippen LogP contribution is 2.24. The lowest BCUT2D eigenvalue weighted by Crippen LogP contribution is -2.44. The largest absolute Gasteiger partial charge is 0.350 e. The number of fused-ring (bicyclic) bond motifs is 1. The summed E-state index contributed by atoms with van der Waals surface area (Å²) >= 11 is 0. The molecule has 2 N–H and O–H groups in total. The van der Waals surface area contributed by atoms with E-state index in [9.17, 15) is 4.79 Å². The lowest BCUT2D eigenvalue weighted by atomic mass is 9.89. The zero-order valence-electron chi connectivity index (χ0n) is 12.2. The van der Waals surface area contributed by atoms with E-state index < -0.39 is 0 Å². The number of aryl methyl sites for hydroxylation is 2. The van der Waals surface area contributed by atoms with E-state index >= 15 is 0 Å². The first-order chi connectivity index (χ1) is 9.72. The number of nitrogens with one attached hydrogen (secondary N) is 2. The first-order valence-corrected chi connectivity index (χ1v) is 7.84. The summed E-state index contributed by atoms with van der Waals surface area (Å²) in [7, 11) is 0. The molecular weight excluding hydrogens is 248 g/mol. The van der Waals surface area contributed by atoms with Crippen LogP contribution in [0.1, 0.15) is 48.9 Å². The molecule has 1 aliphatic heterocycles. The minimum atomic E-state index is 0.114. The molecule has 1 amide bonds.